The summed E-state index contributed by atoms with van der Waals surface area (Å²) in [6.45, 7) is 0.759. The summed E-state index contributed by atoms with van der Waals surface area (Å²) in [5.41, 5.74) is 1.90. The molecule has 1 amide bonds. The maximum absolute atomic E-state index is 10.1. The van der Waals surface area contributed by atoms with E-state index in [9.17, 15) is 4.79 Å². The van der Waals surface area contributed by atoms with Crippen LogP contribution >= 0.6 is 0 Å². The minimum Gasteiger partial charge on any atom is -0.423 e. The molecule has 0 heterocycles. The fraction of sp³-hybridized carbons (Fsp3) is 0.200. The van der Waals surface area contributed by atoms with Crippen LogP contribution in [0.2, 0.25) is 0 Å². The van der Waals surface area contributed by atoms with Crippen molar-refractivity contribution >= 4 is 6.41 Å². The lowest BCUT2D eigenvalue weighted by Crippen LogP contribution is -2.09. The Hall–Kier alpha value is -2.02. The Kier molecular flexibility index (Phi) is 4.02. The summed E-state index contributed by atoms with van der Waals surface area (Å²) < 4.78 is 4.59. The van der Waals surface area contributed by atoms with Gasteiger partial charge in [-0.15, -0.1) is 0 Å². The van der Waals surface area contributed by atoms with E-state index in [0.29, 0.717) is 13.0 Å². The molecule has 0 saturated carbocycles. The zero-order valence-corrected chi connectivity index (χ0v) is 7.56. The Morgan fingerprint density at radius 2 is 2.29 bits per heavy atom. The van der Waals surface area contributed by atoms with E-state index in [4.69, 9.17) is 5.26 Å². The molecule has 0 radical (unpaired) electrons. The second kappa shape index (κ2) is 5.60. The SMILES string of the molecule is N#COCc1cccc(CNC=O)c1. The van der Waals surface area contributed by atoms with E-state index in [1.807, 2.05) is 24.3 Å². The van der Waals surface area contributed by atoms with Crippen LogP contribution in [0.25, 0.3) is 0 Å². The lowest BCUT2D eigenvalue weighted by Gasteiger charge is -2.02. The molecule has 0 spiro atoms. The first-order valence-electron chi connectivity index (χ1n) is 4.12. The van der Waals surface area contributed by atoms with Crippen LogP contribution in [-0.4, -0.2) is 6.41 Å². The quantitative estimate of drug-likeness (QED) is 0.555. The van der Waals surface area contributed by atoms with Crippen LogP contribution in [0.5, 0.6) is 0 Å². The molecule has 1 aromatic carbocycles. The van der Waals surface area contributed by atoms with Crippen molar-refractivity contribution < 1.29 is 9.53 Å². The van der Waals surface area contributed by atoms with E-state index < -0.39 is 0 Å². The Labute approximate surface area is 82.1 Å². The highest BCUT2D eigenvalue weighted by Gasteiger charge is 1.95. The molecule has 0 aliphatic rings. The molecule has 1 rings (SSSR count). The number of nitrogens with zero attached hydrogens (tertiary/aromatic N) is 1. The fourth-order valence-electron chi connectivity index (χ4n) is 1.10. The topological polar surface area (TPSA) is 62.1 Å². The number of ether oxygens (including phenoxy) is 1. The normalized spacial score (nSPS) is 8.79. The highest BCUT2D eigenvalue weighted by atomic mass is 16.5. The van der Waals surface area contributed by atoms with Crippen LogP contribution in [0, 0.1) is 11.5 Å². The minimum atomic E-state index is 0.269. The molecule has 0 unspecified atom stereocenters. The van der Waals surface area contributed by atoms with Gasteiger partial charge in [0, 0.05) is 6.54 Å². The number of carbonyl (C=O) groups excluding carboxylic acids is 1. The van der Waals surface area contributed by atoms with E-state index in [1.165, 1.54) is 0 Å². The van der Waals surface area contributed by atoms with Gasteiger partial charge in [-0.3, -0.25) is 4.79 Å². The van der Waals surface area contributed by atoms with Gasteiger partial charge in [-0.1, -0.05) is 24.3 Å². The lowest BCUT2D eigenvalue weighted by atomic mass is 10.1. The van der Waals surface area contributed by atoms with Crippen molar-refractivity contribution in [1.29, 1.82) is 5.26 Å². The van der Waals surface area contributed by atoms with Crippen LogP contribution in [-0.2, 0) is 22.7 Å². The summed E-state index contributed by atoms with van der Waals surface area (Å²) in [5, 5.41) is 10.8. The van der Waals surface area contributed by atoms with Crippen LogP contribution in [0.1, 0.15) is 11.1 Å². The molecule has 1 N–H and O–H groups in total. The molecule has 4 heteroatoms. The highest BCUT2D eigenvalue weighted by Crippen LogP contribution is 2.05. The molecule has 0 saturated heterocycles. The molecule has 0 aromatic heterocycles. The number of hydrogen-bond donors (Lipinski definition) is 1. The van der Waals surface area contributed by atoms with E-state index in [1.54, 1.807) is 6.26 Å². The molecule has 0 aliphatic carbocycles. The van der Waals surface area contributed by atoms with E-state index in [2.05, 4.69) is 10.1 Å². The maximum atomic E-state index is 10.1. The smallest absolute Gasteiger partial charge is 0.286 e. The first kappa shape index (κ1) is 10.1. The van der Waals surface area contributed by atoms with Crippen LogP contribution in [0.15, 0.2) is 24.3 Å². The molecule has 0 bridgehead atoms. The second-order valence-corrected chi connectivity index (χ2v) is 2.70. The summed E-state index contributed by atoms with van der Waals surface area (Å²) in [7, 11) is 0. The van der Waals surface area contributed by atoms with Crippen molar-refractivity contribution in [3.05, 3.63) is 35.4 Å². The summed E-state index contributed by atoms with van der Waals surface area (Å²) in [6, 6.07) is 7.50. The number of amides is 1. The third-order valence-corrected chi connectivity index (χ3v) is 1.68. The Morgan fingerprint density at radius 1 is 1.50 bits per heavy atom. The van der Waals surface area contributed by atoms with Gasteiger partial charge in [0.05, 0.1) is 0 Å². The molecule has 0 fully saturated rings. The van der Waals surface area contributed by atoms with Crippen LogP contribution in [0.3, 0.4) is 0 Å². The van der Waals surface area contributed by atoms with Gasteiger partial charge < -0.3 is 10.1 Å². The summed E-state index contributed by atoms with van der Waals surface area (Å²) in [5.74, 6) is 0. The van der Waals surface area contributed by atoms with Gasteiger partial charge in [0.15, 0.2) is 0 Å². The van der Waals surface area contributed by atoms with Crippen LogP contribution in [0.4, 0.5) is 0 Å². The average Bonchev–Trinajstić information content (AvgIpc) is 2.24. The number of hydrogen-bond acceptors (Lipinski definition) is 3. The molecule has 0 atom stereocenters. The summed E-state index contributed by atoms with van der Waals surface area (Å²) in [4.78, 5) is 10.1. The summed E-state index contributed by atoms with van der Waals surface area (Å²) in [6.07, 6.45) is 2.26. The van der Waals surface area contributed by atoms with Crippen molar-refractivity contribution in [2.24, 2.45) is 0 Å². The Bertz CT molecular complexity index is 344. The van der Waals surface area contributed by atoms with Crippen molar-refractivity contribution in [3.8, 4) is 6.26 Å². The van der Waals surface area contributed by atoms with E-state index in [0.717, 1.165) is 11.1 Å². The molecule has 14 heavy (non-hydrogen) atoms. The van der Waals surface area contributed by atoms with Crippen molar-refractivity contribution in [3.63, 3.8) is 0 Å². The second-order valence-electron chi connectivity index (χ2n) is 2.70. The number of nitriles is 1. The third-order valence-electron chi connectivity index (χ3n) is 1.68. The number of benzene rings is 1. The number of carbonyl (C=O) groups is 1. The first-order chi connectivity index (χ1) is 6.86. The van der Waals surface area contributed by atoms with Gasteiger partial charge in [-0.2, -0.15) is 5.26 Å². The largest absolute Gasteiger partial charge is 0.423 e. The Balaban J connectivity index is 2.59. The van der Waals surface area contributed by atoms with Gasteiger partial charge in [-0.25, -0.2) is 0 Å². The highest BCUT2D eigenvalue weighted by molar-refractivity contribution is 5.46. The predicted octanol–water partition coefficient (Wildman–Crippen LogP) is 0.930. The molecular formula is C10H10N2O2. The number of nitrogens with one attached hydrogen (secondary N) is 1. The van der Waals surface area contributed by atoms with Crippen molar-refractivity contribution in [1.82, 2.24) is 5.32 Å². The van der Waals surface area contributed by atoms with Gasteiger partial charge in [0.1, 0.15) is 6.61 Å². The van der Waals surface area contributed by atoms with E-state index >= 15 is 0 Å². The molecule has 72 valence electrons. The van der Waals surface area contributed by atoms with Crippen molar-refractivity contribution in [2.45, 2.75) is 13.2 Å². The molecule has 1 aromatic rings. The average molecular weight is 190 g/mol. The fourth-order valence-corrected chi connectivity index (χ4v) is 1.10. The van der Waals surface area contributed by atoms with Gasteiger partial charge in [0.2, 0.25) is 6.41 Å². The third kappa shape index (κ3) is 3.15. The van der Waals surface area contributed by atoms with Gasteiger partial charge in [-0.05, 0) is 11.1 Å². The minimum absolute atomic E-state index is 0.269. The zero-order valence-electron chi connectivity index (χ0n) is 7.56. The Morgan fingerprint density at radius 3 is 3.00 bits per heavy atom. The predicted molar refractivity (Wildman–Crippen MR) is 49.7 cm³/mol. The standard InChI is InChI=1S/C10H10N2O2/c11-7-14-6-10-3-1-2-9(4-10)5-12-8-13/h1-4,8H,5-6H2,(H,12,13). The zero-order chi connectivity index (χ0) is 10.2. The van der Waals surface area contributed by atoms with E-state index in [-0.39, 0.29) is 6.61 Å². The molecular weight excluding hydrogens is 180 g/mol. The maximum Gasteiger partial charge on any atom is 0.286 e. The first-order valence-corrected chi connectivity index (χ1v) is 4.12. The molecule has 4 nitrogen and oxygen atoms in total. The number of rotatable bonds is 5. The van der Waals surface area contributed by atoms with Crippen molar-refractivity contribution in [2.75, 3.05) is 0 Å². The monoisotopic (exact) mass is 190 g/mol. The van der Waals surface area contributed by atoms with Gasteiger partial charge in [0.25, 0.3) is 6.26 Å². The van der Waals surface area contributed by atoms with Crippen LogP contribution < -0.4 is 5.32 Å². The molecule has 0 aliphatic heterocycles. The lowest BCUT2D eigenvalue weighted by molar-refractivity contribution is -0.109. The summed E-state index contributed by atoms with van der Waals surface area (Å²) >= 11 is 0. The van der Waals surface area contributed by atoms with Gasteiger partial charge >= 0.3 is 0 Å².